The van der Waals surface area contributed by atoms with Crippen LogP contribution in [0.2, 0.25) is 0 Å². The van der Waals surface area contributed by atoms with Crippen molar-refractivity contribution in [2.24, 2.45) is 0 Å². The quantitative estimate of drug-likeness (QED) is 0.171. The average Bonchev–Trinajstić information content (AvgIpc) is 2.78. The van der Waals surface area contributed by atoms with Crippen LogP contribution in [-0.2, 0) is 25.7 Å². The maximum Gasteiger partial charge on any atom is 0.514 e. The molecular weight excluding hydrogens is 524 g/mol. The molecule has 0 saturated heterocycles. The summed E-state index contributed by atoms with van der Waals surface area (Å²) in [5, 5.41) is 0. The number of ether oxygens (including phenoxy) is 2. The van der Waals surface area contributed by atoms with Gasteiger partial charge in [-0.15, -0.1) is 0 Å². The molecule has 0 spiro atoms. The van der Waals surface area contributed by atoms with Gasteiger partial charge in [0.25, 0.3) is 0 Å². The van der Waals surface area contributed by atoms with Gasteiger partial charge in [0.15, 0.2) is 14.7 Å². The zero-order valence-corrected chi connectivity index (χ0v) is 24.7. The van der Waals surface area contributed by atoms with Crippen molar-refractivity contribution in [1.29, 1.82) is 0 Å². The predicted molar refractivity (Wildman–Crippen MR) is 153 cm³/mol. The van der Waals surface area contributed by atoms with Crippen molar-refractivity contribution in [3.8, 4) is 5.75 Å². The number of hydrogen-bond acceptors (Lipinski definition) is 8. The maximum atomic E-state index is 12.2. The highest BCUT2D eigenvalue weighted by Crippen LogP contribution is 2.34. The van der Waals surface area contributed by atoms with Crippen LogP contribution in [0.3, 0.4) is 0 Å². The third-order valence-electron chi connectivity index (χ3n) is 4.81. The van der Waals surface area contributed by atoms with Gasteiger partial charge in [-0.1, -0.05) is 6.07 Å². The van der Waals surface area contributed by atoms with Gasteiger partial charge in [-0.2, -0.15) is 0 Å². The summed E-state index contributed by atoms with van der Waals surface area (Å²) >= 11 is 0. The summed E-state index contributed by atoms with van der Waals surface area (Å²) in [5.74, 6) is 0.467. The number of benzene rings is 3. The van der Waals surface area contributed by atoms with Crippen LogP contribution in [0, 0.1) is 0 Å². The van der Waals surface area contributed by atoms with Crippen molar-refractivity contribution in [1.82, 2.24) is 0 Å². The number of hydrogen-bond donors (Lipinski definition) is 0. The minimum absolute atomic E-state index is 0.371. The zero-order valence-electron chi connectivity index (χ0n) is 23.1. The van der Waals surface area contributed by atoms with E-state index in [9.17, 15) is 4.79 Å². The van der Waals surface area contributed by atoms with Crippen LogP contribution in [0.1, 0.15) is 20.8 Å². The van der Waals surface area contributed by atoms with Crippen molar-refractivity contribution in [3.05, 3.63) is 72.8 Å². The van der Waals surface area contributed by atoms with E-state index < -0.39 is 21.9 Å². The van der Waals surface area contributed by atoms with Crippen LogP contribution in [0.5, 0.6) is 5.75 Å². The lowest BCUT2D eigenvalue weighted by Crippen LogP contribution is -2.26. The Morgan fingerprint density at radius 3 is 1.58 bits per heavy atom. The SMILES string of the molecule is CN(C)c1ccc([S+](c2ccc(N(C)C)cc2)c2cccc(OC(=O)OC(C)(C)C)c2)cc1.CS(=O)(=O)[O-]. The molecule has 0 radical (unpaired) electrons. The molecule has 0 aliphatic carbocycles. The van der Waals surface area contributed by atoms with Crippen LogP contribution in [0.25, 0.3) is 0 Å². The first-order valence-electron chi connectivity index (χ1n) is 11.7. The molecule has 0 amide bonds. The molecule has 0 bridgehead atoms. The molecule has 3 aromatic rings. The Balaban J connectivity index is 0.000000926. The fourth-order valence-electron chi connectivity index (χ4n) is 3.20. The molecule has 10 heteroatoms. The van der Waals surface area contributed by atoms with E-state index in [4.69, 9.17) is 22.4 Å². The Morgan fingerprint density at radius 2 is 1.21 bits per heavy atom. The lowest BCUT2D eigenvalue weighted by atomic mass is 10.2. The Bertz CT molecular complexity index is 1240. The molecule has 0 N–H and O–H groups in total. The fourth-order valence-corrected chi connectivity index (χ4v) is 5.28. The molecule has 3 aromatic carbocycles. The van der Waals surface area contributed by atoms with Crippen LogP contribution in [-0.4, -0.2) is 59.2 Å². The van der Waals surface area contributed by atoms with E-state index in [0.717, 1.165) is 16.3 Å². The molecule has 0 aliphatic rings. The molecule has 0 unspecified atom stereocenters. The number of carbonyl (C=O) groups is 1. The summed E-state index contributed by atoms with van der Waals surface area (Å²) in [7, 11) is 3.85. The molecule has 8 nitrogen and oxygen atoms in total. The minimum Gasteiger partial charge on any atom is -0.748 e. The third-order valence-corrected chi connectivity index (χ3v) is 7.02. The number of rotatable bonds is 6. The minimum atomic E-state index is -3.92. The lowest BCUT2D eigenvalue weighted by molar-refractivity contribution is 0.0206. The first-order valence-corrected chi connectivity index (χ1v) is 14.8. The van der Waals surface area contributed by atoms with Gasteiger partial charge < -0.3 is 23.8 Å². The van der Waals surface area contributed by atoms with Gasteiger partial charge in [-0.25, -0.2) is 13.2 Å². The number of anilines is 2. The first kappa shape index (κ1) is 31.0. The lowest BCUT2D eigenvalue weighted by Gasteiger charge is -2.18. The number of nitrogens with zero attached hydrogens (tertiary/aromatic N) is 2. The molecule has 0 aliphatic heterocycles. The summed E-state index contributed by atoms with van der Waals surface area (Å²) in [5.41, 5.74) is 1.68. The van der Waals surface area contributed by atoms with Gasteiger partial charge in [0, 0.05) is 51.9 Å². The van der Waals surface area contributed by atoms with Crippen molar-refractivity contribution >= 4 is 38.5 Å². The predicted octanol–water partition coefficient (Wildman–Crippen LogP) is 5.39. The second-order valence-electron chi connectivity index (χ2n) is 9.83. The second kappa shape index (κ2) is 13.0. The Kier molecular flexibility index (Phi) is 10.6. The van der Waals surface area contributed by atoms with Crippen LogP contribution in [0.4, 0.5) is 16.2 Å². The van der Waals surface area contributed by atoms with E-state index in [1.54, 1.807) is 6.07 Å². The highest BCUT2D eigenvalue weighted by molar-refractivity contribution is 7.97. The normalized spacial score (nSPS) is 11.3. The van der Waals surface area contributed by atoms with E-state index in [0.29, 0.717) is 12.0 Å². The Labute approximate surface area is 229 Å². The van der Waals surface area contributed by atoms with Crippen LogP contribution < -0.4 is 14.5 Å². The van der Waals surface area contributed by atoms with E-state index in [2.05, 4.69) is 64.4 Å². The molecule has 3 rings (SSSR count). The Hall–Kier alpha value is -3.21. The van der Waals surface area contributed by atoms with E-state index in [1.165, 1.54) is 9.79 Å². The second-order valence-corrected chi connectivity index (χ2v) is 13.3. The molecular formula is C28H36N2O6S2. The van der Waals surface area contributed by atoms with E-state index in [-0.39, 0.29) is 10.9 Å². The van der Waals surface area contributed by atoms with Gasteiger partial charge in [-0.05, 0) is 81.4 Å². The van der Waals surface area contributed by atoms with Gasteiger partial charge in [-0.3, -0.25) is 0 Å². The van der Waals surface area contributed by atoms with Gasteiger partial charge in [0.1, 0.15) is 11.4 Å². The molecule has 0 heterocycles. The monoisotopic (exact) mass is 560 g/mol. The highest BCUT2D eigenvalue weighted by Gasteiger charge is 2.30. The molecule has 38 heavy (non-hydrogen) atoms. The van der Waals surface area contributed by atoms with Gasteiger partial charge >= 0.3 is 6.16 Å². The standard InChI is InChI=1S/C27H33N2O3S.CH4O3S/c1-27(2,3)32-26(30)31-22-9-8-10-25(19-22)33(23-15-11-20(12-16-23)28(4)5)24-17-13-21(14-18-24)29(6)7;1-5(2,3)4/h8-19H,1-7H3;1H3,(H,2,3,4)/q+1;/p-1. The van der Waals surface area contributed by atoms with E-state index >= 15 is 0 Å². The van der Waals surface area contributed by atoms with Gasteiger partial charge in [0.2, 0.25) is 0 Å². The smallest absolute Gasteiger partial charge is 0.514 e. The van der Waals surface area contributed by atoms with Crippen LogP contribution in [0.15, 0.2) is 87.5 Å². The van der Waals surface area contributed by atoms with Crippen molar-refractivity contribution in [2.45, 2.75) is 41.1 Å². The fraction of sp³-hybridized carbons (Fsp3) is 0.321. The van der Waals surface area contributed by atoms with Gasteiger partial charge in [0.05, 0.1) is 21.0 Å². The summed E-state index contributed by atoms with van der Waals surface area (Å²) in [4.78, 5) is 19.8. The largest absolute Gasteiger partial charge is 0.748 e. The molecule has 0 aromatic heterocycles. The molecule has 206 valence electrons. The number of carbonyl (C=O) groups excluding carboxylic acids is 1. The van der Waals surface area contributed by atoms with Crippen molar-refractivity contribution in [2.75, 3.05) is 44.2 Å². The summed E-state index contributed by atoms with van der Waals surface area (Å²) in [6, 6.07) is 24.9. The topological polar surface area (TPSA) is 99.2 Å². The maximum absolute atomic E-state index is 12.2. The molecule has 0 saturated carbocycles. The Morgan fingerprint density at radius 1 is 0.789 bits per heavy atom. The summed E-state index contributed by atoms with van der Waals surface area (Å²) in [6.45, 7) is 5.45. The first-order chi connectivity index (χ1) is 17.5. The van der Waals surface area contributed by atoms with Crippen molar-refractivity contribution in [3.63, 3.8) is 0 Å². The zero-order chi connectivity index (χ0) is 28.7. The summed E-state index contributed by atoms with van der Waals surface area (Å²) < 4.78 is 38.0. The highest BCUT2D eigenvalue weighted by atomic mass is 32.2. The van der Waals surface area contributed by atoms with E-state index in [1.807, 2.05) is 61.1 Å². The van der Waals surface area contributed by atoms with Crippen LogP contribution >= 0.6 is 0 Å². The van der Waals surface area contributed by atoms with Crippen molar-refractivity contribution < 1.29 is 27.2 Å². The summed E-state index contributed by atoms with van der Waals surface area (Å²) in [6.07, 6.45) is -0.0993. The average molecular weight is 561 g/mol. The molecule has 0 fully saturated rings. The third kappa shape index (κ3) is 10.6. The molecule has 0 atom stereocenters.